The highest BCUT2D eigenvalue weighted by Gasteiger charge is 2.56. The van der Waals surface area contributed by atoms with Crippen molar-refractivity contribution in [2.24, 2.45) is 5.41 Å². The molecule has 0 amide bonds. The maximum atomic E-state index is 10.9. The van der Waals surface area contributed by atoms with Crippen molar-refractivity contribution in [3.05, 3.63) is 23.8 Å². The van der Waals surface area contributed by atoms with Crippen molar-refractivity contribution >= 4 is 5.97 Å². The Labute approximate surface area is 114 Å². The van der Waals surface area contributed by atoms with Gasteiger partial charge in [-0.1, -0.05) is 19.9 Å². The van der Waals surface area contributed by atoms with Crippen LogP contribution in [0.2, 0.25) is 0 Å². The molecule has 108 valence electrons. The van der Waals surface area contributed by atoms with Crippen LogP contribution in [0.5, 0.6) is 0 Å². The van der Waals surface area contributed by atoms with Crippen LogP contribution in [0.3, 0.4) is 0 Å². The normalized spacial score (nSPS) is 35.6. The van der Waals surface area contributed by atoms with Crippen molar-refractivity contribution in [2.45, 2.75) is 58.2 Å². The summed E-state index contributed by atoms with van der Waals surface area (Å²) in [4.78, 5) is 10.6. The SMILES string of the molecule is CC(C=CC1(O)C(C)(C)CCCC1(C)O)=CC(=O)O. The zero-order valence-corrected chi connectivity index (χ0v) is 12.1. The summed E-state index contributed by atoms with van der Waals surface area (Å²) in [6.07, 6.45) is 6.38. The monoisotopic (exact) mass is 268 g/mol. The summed E-state index contributed by atoms with van der Waals surface area (Å²) >= 11 is 0. The molecule has 0 aromatic heterocycles. The van der Waals surface area contributed by atoms with Gasteiger partial charge in [0.1, 0.15) is 5.60 Å². The van der Waals surface area contributed by atoms with Crippen molar-refractivity contribution in [3.8, 4) is 0 Å². The van der Waals surface area contributed by atoms with Crippen LogP contribution in [-0.4, -0.2) is 32.5 Å². The first-order valence-electron chi connectivity index (χ1n) is 6.57. The minimum absolute atomic E-state index is 0.464. The molecule has 1 aliphatic carbocycles. The van der Waals surface area contributed by atoms with Gasteiger partial charge in [-0.2, -0.15) is 0 Å². The molecule has 2 unspecified atom stereocenters. The van der Waals surface area contributed by atoms with Gasteiger partial charge in [0.25, 0.3) is 0 Å². The largest absolute Gasteiger partial charge is 0.478 e. The quantitative estimate of drug-likeness (QED) is 0.542. The predicted molar refractivity (Wildman–Crippen MR) is 73.7 cm³/mol. The van der Waals surface area contributed by atoms with Gasteiger partial charge in [0.05, 0.1) is 5.60 Å². The number of aliphatic hydroxyl groups is 2. The van der Waals surface area contributed by atoms with E-state index >= 15 is 0 Å². The number of allylic oxidation sites excluding steroid dienone is 2. The molecule has 0 aromatic carbocycles. The van der Waals surface area contributed by atoms with Crippen LogP contribution in [0, 0.1) is 5.41 Å². The highest BCUT2D eigenvalue weighted by molar-refractivity contribution is 5.81. The molecule has 0 heterocycles. The molecule has 1 fully saturated rings. The van der Waals surface area contributed by atoms with Crippen LogP contribution in [0.4, 0.5) is 0 Å². The molecule has 0 aromatic rings. The van der Waals surface area contributed by atoms with Crippen LogP contribution in [0.25, 0.3) is 0 Å². The number of hydrogen-bond donors (Lipinski definition) is 3. The van der Waals surface area contributed by atoms with Crippen molar-refractivity contribution in [1.29, 1.82) is 0 Å². The first kappa shape index (κ1) is 15.9. The molecule has 0 spiro atoms. The Balaban J connectivity index is 3.11. The first-order chi connectivity index (χ1) is 8.52. The molecule has 4 heteroatoms. The van der Waals surface area contributed by atoms with Crippen molar-refractivity contribution in [3.63, 3.8) is 0 Å². The Morgan fingerprint density at radius 1 is 1.16 bits per heavy atom. The fourth-order valence-corrected chi connectivity index (χ4v) is 2.88. The van der Waals surface area contributed by atoms with Crippen molar-refractivity contribution in [2.75, 3.05) is 0 Å². The minimum Gasteiger partial charge on any atom is -0.478 e. The van der Waals surface area contributed by atoms with Crippen LogP contribution >= 0.6 is 0 Å². The lowest BCUT2D eigenvalue weighted by Crippen LogP contribution is -2.62. The maximum Gasteiger partial charge on any atom is 0.328 e. The molecule has 4 nitrogen and oxygen atoms in total. The summed E-state index contributed by atoms with van der Waals surface area (Å²) in [5.41, 5.74) is -2.52. The van der Waals surface area contributed by atoms with E-state index in [-0.39, 0.29) is 0 Å². The summed E-state index contributed by atoms with van der Waals surface area (Å²) in [5, 5.41) is 30.1. The fourth-order valence-electron chi connectivity index (χ4n) is 2.88. The lowest BCUT2D eigenvalue weighted by atomic mass is 9.58. The van der Waals surface area contributed by atoms with Gasteiger partial charge in [-0.05, 0) is 50.2 Å². The molecular weight excluding hydrogens is 244 g/mol. The number of carbonyl (C=O) groups is 1. The van der Waals surface area contributed by atoms with E-state index in [9.17, 15) is 15.0 Å². The van der Waals surface area contributed by atoms with E-state index < -0.39 is 22.6 Å². The standard InChI is InChI=1S/C15H24O4/c1-11(10-12(16)17)6-9-15(19)13(2,3)7-5-8-14(15,4)18/h6,9-10,18-19H,5,7-8H2,1-4H3,(H,16,17). The highest BCUT2D eigenvalue weighted by atomic mass is 16.4. The first-order valence-corrected chi connectivity index (χ1v) is 6.57. The number of carboxylic acids is 1. The fraction of sp³-hybridized carbons (Fsp3) is 0.667. The summed E-state index contributed by atoms with van der Waals surface area (Å²) in [6, 6.07) is 0. The zero-order chi connectivity index (χ0) is 14.9. The number of carboxylic acid groups (broad SMARTS) is 1. The van der Waals surface area contributed by atoms with E-state index in [1.54, 1.807) is 26.0 Å². The van der Waals surface area contributed by atoms with E-state index in [1.165, 1.54) is 0 Å². The number of rotatable bonds is 3. The molecule has 1 rings (SSSR count). The lowest BCUT2D eigenvalue weighted by molar-refractivity contribution is -0.194. The molecular formula is C15H24O4. The van der Waals surface area contributed by atoms with Gasteiger partial charge >= 0.3 is 5.97 Å². The molecule has 0 radical (unpaired) electrons. The Morgan fingerprint density at radius 2 is 1.74 bits per heavy atom. The smallest absolute Gasteiger partial charge is 0.328 e. The second-order valence-corrected chi connectivity index (χ2v) is 6.34. The van der Waals surface area contributed by atoms with E-state index in [0.29, 0.717) is 12.0 Å². The highest BCUT2D eigenvalue weighted by Crippen LogP contribution is 2.50. The molecule has 2 atom stereocenters. The van der Waals surface area contributed by atoms with Crippen molar-refractivity contribution < 1.29 is 20.1 Å². The van der Waals surface area contributed by atoms with Gasteiger partial charge in [0, 0.05) is 6.08 Å². The zero-order valence-electron chi connectivity index (χ0n) is 12.1. The Kier molecular flexibility index (Phi) is 4.27. The average molecular weight is 268 g/mol. The lowest BCUT2D eigenvalue weighted by Gasteiger charge is -2.53. The van der Waals surface area contributed by atoms with E-state index in [4.69, 9.17) is 5.11 Å². The molecule has 19 heavy (non-hydrogen) atoms. The third-order valence-electron chi connectivity index (χ3n) is 4.26. The minimum atomic E-state index is -1.37. The summed E-state index contributed by atoms with van der Waals surface area (Å²) in [7, 11) is 0. The molecule has 1 aliphatic rings. The Bertz CT molecular complexity index is 400. The summed E-state index contributed by atoms with van der Waals surface area (Å²) < 4.78 is 0. The van der Waals surface area contributed by atoms with E-state index in [1.807, 2.05) is 13.8 Å². The average Bonchev–Trinajstić information content (AvgIpc) is 2.22. The third kappa shape index (κ3) is 3.07. The predicted octanol–water partition coefficient (Wildman–Crippen LogP) is 2.27. The summed E-state index contributed by atoms with van der Waals surface area (Å²) in [6.45, 7) is 7.12. The topological polar surface area (TPSA) is 77.8 Å². The van der Waals surface area contributed by atoms with E-state index in [2.05, 4.69) is 0 Å². The molecule has 1 saturated carbocycles. The van der Waals surface area contributed by atoms with Gasteiger partial charge < -0.3 is 15.3 Å². The number of hydrogen-bond acceptors (Lipinski definition) is 3. The Morgan fingerprint density at radius 3 is 2.21 bits per heavy atom. The molecule has 0 saturated heterocycles. The summed E-state index contributed by atoms with van der Waals surface area (Å²) in [5.74, 6) is -1.02. The second kappa shape index (κ2) is 5.10. The number of aliphatic carboxylic acids is 1. The van der Waals surface area contributed by atoms with Gasteiger partial charge in [-0.25, -0.2) is 4.79 Å². The van der Waals surface area contributed by atoms with Crippen LogP contribution in [-0.2, 0) is 4.79 Å². The Hall–Kier alpha value is -1.13. The van der Waals surface area contributed by atoms with Gasteiger partial charge in [-0.3, -0.25) is 0 Å². The van der Waals surface area contributed by atoms with Crippen LogP contribution in [0.1, 0.15) is 47.0 Å². The van der Waals surface area contributed by atoms with Gasteiger partial charge in [-0.15, -0.1) is 0 Å². The van der Waals surface area contributed by atoms with Crippen molar-refractivity contribution in [1.82, 2.24) is 0 Å². The molecule has 0 aliphatic heterocycles. The van der Waals surface area contributed by atoms with Crippen LogP contribution in [0.15, 0.2) is 23.8 Å². The molecule has 3 N–H and O–H groups in total. The second-order valence-electron chi connectivity index (χ2n) is 6.34. The third-order valence-corrected chi connectivity index (χ3v) is 4.26. The van der Waals surface area contributed by atoms with Crippen LogP contribution < -0.4 is 0 Å². The van der Waals surface area contributed by atoms with Gasteiger partial charge in [0.15, 0.2) is 0 Å². The van der Waals surface area contributed by atoms with E-state index in [0.717, 1.165) is 18.9 Å². The molecule has 0 bridgehead atoms. The van der Waals surface area contributed by atoms with Gasteiger partial charge in [0.2, 0.25) is 0 Å². The maximum absolute atomic E-state index is 10.9.